The smallest absolute Gasteiger partial charge is 0.0544 e. The topological polar surface area (TPSA) is 12.0 Å². The van der Waals surface area contributed by atoms with Crippen molar-refractivity contribution >= 4 is 15.9 Å². The fourth-order valence-corrected chi connectivity index (χ4v) is 2.86. The van der Waals surface area contributed by atoms with Gasteiger partial charge in [0.2, 0.25) is 0 Å². The molecule has 0 radical (unpaired) electrons. The number of halogens is 1. The van der Waals surface area contributed by atoms with Gasteiger partial charge in [0.1, 0.15) is 0 Å². The van der Waals surface area contributed by atoms with E-state index < -0.39 is 0 Å². The minimum atomic E-state index is 0.372. The van der Waals surface area contributed by atoms with Crippen LogP contribution in [-0.4, -0.2) is 7.05 Å². The number of hydrogen-bond donors (Lipinski definition) is 1. The molecule has 86 valence electrons. The number of benzene rings is 1. The SMILES string of the molecule is CNC(C1=CCCC1)c1cc(C)ccc1Br. The first-order valence-corrected chi connectivity index (χ1v) is 6.64. The lowest BCUT2D eigenvalue weighted by atomic mass is 9.97. The quantitative estimate of drug-likeness (QED) is 0.821. The van der Waals surface area contributed by atoms with Crippen LogP contribution in [0.1, 0.15) is 36.4 Å². The summed E-state index contributed by atoms with van der Waals surface area (Å²) in [5.41, 5.74) is 4.21. The molecule has 1 aromatic rings. The first-order valence-electron chi connectivity index (χ1n) is 5.84. The monoisotopic (exact) mass is 279 g/mol. The predicted molar refractivity (Wildman–Crippen MR) is 72.6 cm³/mol. The maximum atomic E-state index is 3.65. The molecule has 0 amide bonds. The number of rotatable bonds is 3. The van der Waals surface area contributed by atoms with Crippen molar-refractivity contribution in [1.29, 1.82) is 0 Å². The van der Waals surface area contributed by atoms with Gasteiger partial charge < -0.3 is 5.32 Å². The van der Waals surface area contributed by atoms with Gasteiger partial charge in [-0.15, -0.1) is 0 Å². The molecule has 0 spiro atoms. The lowest BCUT2D eigenvalue weighted by Crippen LogP contribution is -2.18. The first-order chi connectivity index (χ1) is 7.72. The molecule has 0 aliphatic heterocycles. The molecule has 0 saturated carbocycles. The Hall–Kier alpha value is -0.600. The summed E-state index contributed by atoms with van der Waals surface area (Å²) in [4.78, 5) is 0. The van der Waals surface area contributed by atoms with Gasteiger partial charge in [-0.1, -0.05) is 45.3 Å². The Labute approximate surface area is 106 Å². The lowest BCUT2D eigenvalue weighted by Gasteiger charge is -2.20. The molecule has 0 fully saturated rings. The zero-order chi connectivity index (χ0) is 11.5. The van der Waals surface area contributed by atoms with Crippen molar-refractivity contribution in [2.75, 3.05) is 7.05 Å². The molecule has 0 heterocycles. The number of hydrogen-bond acceptors (Lipinski definition) is 1. The number of aryl methyl sites for hydroxylation is 1. The molecule has 0 bridgehead atoms. The Kier molecular flexibility index (Phi) is 3.82. The molecule has 1 aromatic carbocycles. The zero-order valence-electron chi connectivity index (χ0n) is 9.89. The molecule has 16 heavy (non-hydrogen) atoms. The van der Waals surface area contributed by atoms with E-state index in [0.29, 0.717) is 6.04 Å². The first kappa shape index (κ1) is 11.9. The third kappa shape index (κ3) is 2.38. The second-order valence-corrected chi connectivity index (χ2v) is 5.27. The van der Waals surface area contributed by atoms with Gasteiger partial charge in [-0.05, 0) is 44.9 Å². The van der Waals surface area contributed by atoms with E-state index in [1.807, 2.05) is 7.05 Å². The molecule has 0 aromatic heterocycles. The molecule has 1 aliphatic carbocycles. The van der Waals surface area contributed by atoms with Crippen molar-refractivity contribution < 1.29 is 0 Å². The number of nitrogens with one attached hydrogen (secondary N) is 1. The highest BCUT2D eigenvalue weighted by Crippen LogP contribution is 2.34. The van der Waals surface area contributed by atoms with E-state index in [9.17, 15) is 0 Å². The van der Waals surface area contributed by atoms with Crippen LogP contribution >= 0.6 is 15.9 Å². The maximum Gasteiger partial charge on any atom is 0.0544 e. The van der Waals surface area contributed by atoms with Crippen LogP contribution in [0.5, 0.6) is 0 Å². The van der Waals surface area contributed by atoms with Gasteiger partial charge in [0.15, 0.2) is 0 Å². The number of likely N-dealkylation sites (N-methyl/N-ethyl adjacent to an activating group) is 1. The summed E-state index contributed by atoms with van der Waals surface area (Å²) in [5.74, 6) is 0. The molecule has 2 rings (SSSR count). The van der Waals surface area contributed by atoms with Crippen molar-refractivity contribution in [3.8, 4) is 0 Å². The minimum Gasteiger partial charge on any atom is -0.310 e. The van der Waals surface area contributed by atoms with Crippen molar-refractivity contribution in [2.24, 2.45) is 0 Å². The molecule has 0 saturated heterocycles. The van der Waals surface area contributed by atoms with Crippen LogP contribution in [0.3, 0.4) is 0 Å². The van der Waals surface area contributed by atoms with Gasteiger partial charge in [0, 0.05) is 4.47 Å². The minimum absolute atomic E-state index is 0.372. The van der Waals surface area contributed by atoms with Gasteiger partial charge in [0.25, 0.3) is 0 Å². The Balaban J connectivity index is 2.35. The van der Waals surface area contributed by atoms with Crippen molar-refractivity contribution in [3.05, 3.63) is 45.4 Å². The number of allylic oxidation sites excluding steroid dienone is 1. The second kappa shape index (κ2) is 5.15. The normalized spacial score (nSPS) is 17.3. The highest BCUT2D eigenvalue weighted by atomic mass is 79.9. The summed E-state index contributed by atoms with van der Waals surface area (Å²) >= 11 is 3.65. The zero-order valence-corrected chi connectivity index (χ0v) is 11.5. The van der Waals surface area contributed by atoms with Crippen LogP contribution in [0.4, 0.5) is 0 Å². The summed E-state index contributed by atoms with van der Waals surface area (Å²) in [7, 11) is 2.04. The van der Waals surface area contributed by atoms with E-state index in [2.05, 4.69) is 52.4 Å². The molecule has 1 atom stereocenters. The molecule has 1 nitrogen and oxygen atoms in total. The van der Waals surface area contributed by atoms with Crippen LogP contribution in [0.15, 0.2) is 34.3 Å². The predicted octanol–water partition coefficient (Wildman–Crippen LogP) is 4.13. The van der Waals surface area contributed by atoms with Gasteiger partial charge in [-0.2, -0.15) is 0 Å². The molecule has 1 unspecified atom stereocenters. The van der Waals surface area contributed by atoms with E-state index in [1.54, 1.807) is 0 Å². The van der Waals surface area contributed by atoms with E-state index in [1.165, 1.54) is 40.4 Å². The summed E-state index contributed by atoms with van der Waals surface area (Å²) in [6, 6.07) is 6.93. The average Bonchev–Trinajstić information content (AvgIpc) is 2.78. The van der Waals surface area contributed by atoms with Gasteiger partial charge in [0.05, 0.1) is 6.04 Å². The second-order valence-electron chi connectivity index (χ2n) is 4.42. The molecule has 1 aliphatic rings. The highest BCUT2D eigenvalue weighted by molar-refractivity contribution is 9.10. The van der Waals surface area contributed by atoms with Crippen molar-refractivity contribution in [3.63, 3.8) is 0 Å². The molecule has 2 heteroatoms. The largest absolute Gasteiger partial charge is 0.310 e. The standard InChI is InChI=1S/C14H18BrN/c1-10-7-8-13(15)12(9-10)14(16-2)11-5-3-4-6-11/h5,7-9,14,16H,3-4,6H2,1-2H3. The summed E-state index contributed by atoms with van der Waals surface area (Å²) in [5, 5.41) is 3.43. The van der Waals surface area contributed by atoms with Crippen molar-refractivity contribution in [1.82, 2.24) is 5.32 Å². The molecular formula is C14H18BrN. The van der Waals surface area contributed by atoms with Crippen molar-refractivity contribution in [2.45, 2.75) is 32.2 Å². The van der Waals surface area contributed by atoms with Crippen LogP contribution in [0, 0.1) is 6.92 Å². The third-order valence-corrected chi connectivity index (χ3v) is 3.92. The van der Waals surface area contributed by atoms with Crippen LogP contribution in [0.2, 0.25) is 0 Å². The van der Waals surface area contributed by atoms with Gasteiger partial charge >= 0.3 is 0 Å². The van der Waals surface area contributed by atoms with E-state index in [0.717, 1.165) is 0 Å². The van der Waals surface area contributed by atoms with Crippen LogP contribution in [0.25, 0.3) is 0 Å². The Morgan fingerprint density at radius 1 is 1.38 bits per heavy atom. The van der Waals surface area contributed by atoms with E-state index >= 15 is 0 Å². The van der Waals surface area contributed by atoms with Gasteiger partial charge in [-0.25, -0.2) is 0 Å². The Morgan fingerprint density at radius 2 is 2.19 bits per heavy atom. The lowest BCUT2D eigenvalue weighted by molar-refractivity contribution is 0.653. The summed E-state index contributed by atoms with van der Waals surface area (Å²) in [6.45, 7) is 2.14. The summed E-state index contributed by atoms with van der Waals surface area (Å²) in [6.07, 6.45) is 6.15. The Morgan fingerprint density at radius 3 is 2.81 bits per heavy atom. The third-order valence-electron chi connectivity index (χ3n) is 3.20. The molecular weight excluding hydrogens is 262 g/mol. The maximum absolute atomic E-state index is 3.65. The van der Waals surface area contributed by atoms with Crippen LogP contribution in [-0.2, 0) is 0 Å². The fraction of sp³-hybridized carbons (Fsp3) is 0.429. The Bertz CT molecular complexity index is 409. The summed E-state index contributed by atoms with van der Waals surface area (Å²) < 4.78 is 1.20. The van der Waals surface area contributed by atoms with Crippen LogP contribution < -0.4 is 5.32 Å². The fourth-order valence-electron chi connectivity index (χ4n) is 2.38. The van der Waals surface area contributed by atoms with Gasteiger partial charge in [-0.3, -0.25) is 0 Å². The molecule has 1 N–H and O–H groups in total. The van der Waals surface area contributed by atoms with E-state index in [4.69, 9.17) is 0 Å². The van der Waals surface area contributed by atoms with E-state index in [-0.39, 0.29) is 0 Å². The highest BCUT2D eigenvalue weighted by Gasteiger charge is 2.19. The average molecular weight is 280 g/mol.